The smallest absolute Gasteiger partial charge is 0.120 e. The molecule has 0 bridgehead atoms. The Balaban J connectivity index is 2.27. The molecule has 0 aliphatic heterocycles. The van der Waals surface area contributed by atoms with Crippen LogP contribution in [0.15, 0.2) is 40.3 Å². The Hall–Kier alpha value is -1.75. The van der Waals surface area contributed by atoms with Gasteiger partial charge in [0.15, 0.2) is 0 Å². The van der Waals surface area contributed by atoms with Crippen LogP contribution in [0, 0.1) is 0 Å². The molecule has 0 radical (unpaired) electrons. The van der Waals surface area contributed by atoms with E-state index < -0.39 is 0 Å². The van der Waals surface area contributed by atoms with Crippen molar-refractivity contribution in [3.63, 3.8) is 0 Å². The quantitative estimate of drug-likeness (QED) is 0.495. The minimum absolute atomic E-state index is 0.425. The number of aliphatic imine (C=N–C) groups is 2. The van der Waals surface area contributed by atoms with Crippen molar-refractivity contribution >= 4 is 58.7 Å². The molecule has 126 valence electrons. The summed E-state index contributed by atoms with van der Waals surface area (Å²) >= 11 is 18.7. The van der Waals surface area contributed by atoms with Crippen LogP contribution in [0.4, 0.5) is 11.4 Å². The maximum absolute atomic E-state index is 6.24. The van der Waals surface area contributed by atoms with E-state index in [9.17, 15) is 0 Å². The summed E-state index contributed by atoms with van der Waals surface area (Å²) in [5.74, 6) is 0.686. The summed E-state index contributed by atoms with van der Waals surface area (Å²) in [6.07, 6.45) is 3.28. The molecule has 0 unspecified atom stereocenters. The van der Waals surface area contributed by atoms with E-state index in [1.807, 2.05) is 26.2 Å². The first-order chi connectivity index (χ1) is 11.4. The maximum Gasteiger partial charge on any atom is 0.120 e. The van der Waals surface area contributed by atoms with E-state index in [1.165, 1.54) is 0 Å². The van der Waals surface area contributed by atoms with Gasteiger partial charge >= 0.3 is 0 Å². The Kier molecular flexibility index (Phi) is 6.49. The summed E-state index contributed by atoms with van der Waals surface area (Å²) < 4.78 is 5.12. The number of rotatable bonds is 5. The van der Waals surface area contributed by atoms with Crippen LogP contribution in [-0.2, 0) is 0 Å². The van der Waals surface area contributed by atoms with Crippen molar-refractivity contribution in [1.82, 2.24) is 4.90 Å². The molecule has 4 nitrogen and oxygen atoms in total. The highest BCUT2D eigenvalue weighted by Crippen LogP contribution is 2.37. The Bertz CT molecular complexity index is 766. The average molecular weight is 385 g/mol. The van der Waals surface area contributed by atoms with Crippen LogP contribution in [0.1, 0.15) is 5.56 Å². The van der Waals surface area contributed by atoms with Gasteiger partial charge in [-0.1, -0.05) is 34.8 Å². The van der Waals surface area contributed by atoms with Crippen LogP contribution in [0.5, 0.6) is 5.75 Å². The summed E-state index contributed by atoms with van der Waals surface area (Å²) in [6, 6.07) is 8.76. The van der Waals surface area contributed by atoms with E-state index in [1.54, 1.807) is 42.8 Å². The molecule has 0 aliphatic rings. The van der Waals surface area contributed by atoms with Gasteiger partial charge in [-0.3, -0.25) is 4.99 Å². The van der Waals surface area contributed by atoms with Crippen molar-refractivity contribution < 1.29 is 4.74 Å². The number of nitrogens with zero attached hydrogens (tertiary/aromatic N) is 3. The van der Waals surface area contributed by atoms with Gasteiger partial charge in [-0.25, -0.2) is 4.99 Å². The van der Waals surface area contributed by atoms with Crippen molar-refractivity contribution in [3.8, 4) is 5.75 Å². The van der Waals surface area contributed by atoms with E-state index >= 15 is 0 Å². The second-order valence-electron chi connectivity index (χ2n) is 5.11. The lowest BCUT2D eigenvalue weighted by atomic mass is 10.2. The van der Waals surface area contributed by atoms with Gasteiger partial charge in [0, 0.05) is 25.9 Å². The van der Waals surface area contributed by atoms with Gasteiger partial charge in [0.2, 0.25) is 0 Å². The fourth-order valence-corrected chi connectivity index (χ4v) is 2.60. The Morgan fingerprint density at radius 2 is 1.62 bits per heavy atom. The van der Waals surface area contributed by atoms with Crippen molar-refractivity contribution in [3.05, 3.63) is 51.0 Å². The summed E-state index contributed by atoms with van der Waals surface area (Å²) in [5.41, 5.74) is 1.88. The van der Waals surface area contributed by atoms with Crippen molar-refractivity contribution in [2.75, 3.05) is 21.2 Å². The molecule has 2 aromatic carbocycles. The molecule has 0 amide bonds. The third-order valence-electron chi connectivity index (χ3n) is 2.98. The number of hydrogen-bond donors (Lipinski definition) is 0. The van der Waals surface area contributed by atoms with Crippen LogP contribution in [0.3, 0.4) is 0 Å². The highest BCUT2D eigenvalue weighted by Gasteiger charge is 2.07. The first-order valence-electron chi connectivity index (χ1n) is 6.98. The molecule has 0 heterocycles. The Morgan fingerprint density at radius 1 is 0.958 bits per heavy atom. The first-order valence-corrected chi connectivity index (χ1v) is 8.11. The molecule has 0 aliphatic carbocycles. The predicted octanol–water partition coefficient (Wildman–Crippen LogP) is 5.63. The molecular weight excluding hydrogens is 369 g/mol. The minimum atomic E-state index is 0.425. The zero-order valence-electron chi connectivity index (χ0n) is 13.4. The van der Waals surface area contributed by atoms with Crippen molar-refractivity contribution in [2.24, 2.45) is 9.98 Å². The van der Waals surface area contributed by atoms with Gasteiger partial charge in [0.1, 0.15) is 11.4 Å². The third kappa shape index (κ3) is 4.87. The van der Waals surface area contributed by atoms with Crippen molar-refractivity contribution in [1.29, 1.82) is 0 Å². The van der Waals surface area contributed by atoms with E-state index in [0.29, 0.717) is 32.2 Å². The fraction of sp³-hybridized carbons (Fsp3) is 0.176. The van der Waals surface area contributed by atoms with Crippen LogP contribution < -0.4 is 4.74 Å². The van der Waals surface area contributed by atoms with Gasteiger partial charge in [-0.15, -0.1) is 0 Å². The first kappa shape index (κ1) is 18.6. The zero-order chi connectivity index (χ0) is 17.7. The average Bonchev–Trinajstić information content (AvgIpc) is 2.52. The second-order valence-corrected chi connectivity index (χ2v) is 6.33. The summed E-state index contributed by atoms with van der Waals surface area (Å²) in [4.78, 5) is 10.4. The zero-order valence-corrected chi connectivity index (χ0v) is 15.7. The van der Waals surface area contributed by atoms with Crippen LogP contribution in [-0.4, -0.2) is 38.7 Å². The molecule has 0 atom stereocenters. The van der Waals surface area contributed by atoms with E-state index in [0.717, 1.165) is 5.56 Å². The molecule has 24 heavy (non-hydrogen) atoms. The van der Waals surface area contributed by atoms with Gasteiger partial charge in [-0.05, 0) is 30.3 Å². The van der Waals surface area contributed by atoms with E-state index in [-0.39, 0.29) is 0 Å². The molecule has 0 fully saturated rings. The molecule has 0 aromatic heterocycles. The molecule has 0 saturated heterocycles. The van der Waals surface area contributed by atoms with Gasteiger partial charge in [0.05, 0.1) is 34.2 Å². The minimum Gasteiger partial charge on any atom is -0.497 e. The molecule has 2 rings (SSSR count). The van der Waals surface area contributed by atoms with E-state index in [2.05, 4.69) is 9.98 Å². The predicted molar refractivity (Wildman–Crippen MR) is 104 cm³/mol. The number of ether oxygens (including phenoxy) is 1. The normalized spacial score (nSPS) is 11.4. The number of hydrogen-bond acceptors (Lipinski definition) is 3. The summed E-state index contributed by atoms with van der Waals surface area (Å²) in [7, 11) is 5.31. The third-order valence-corrected chi connectivity index (χ3v) is 3.88. The molecule has 0 saturated carbocycles. The molecule has 7 heteroatoms. The molecular formula is C17H16Cl3N3O. The molecule has 0 spiro atoms. The Labute approximate surface area is 156 Å². The topological polar surface area (TPSA) is 37.2 Å². The lowest BCUT2D eigenvalue weighted by Gasteiger charge is -2.06. The van der Waals surface area contributed by atoms with E-state index in [4.69, 9.17) is 39.5 Å². The summed E-state index contributed by atoms with van der Waals surface area (Å²) in [6.45, 7) is 0. The maximum atomic E-state index is 6.24. The Morgan fingerprint density at radius 3 is 2.17 bits per heavy atom. The van der Waals surface area contributed by atoms with Gasteiger partial charge in [-0.2, -0.15) is 0 Å². The second kappa shape index (κ2) is 8.38. The number of methoxy groups -OCH3 is 1. The summed E-state index contributed by atoms with van der Waals surface area (Å²) in [5, 5.41) is 1.39. The number of halogens is 3. The van der Waals surface area contributed by atoms with Gasteiger partial charge in [0.25, 0.3) is 0 Å². The lowest BCUT2D eigenvalue weighted by Crippen LogP contribution is -2.07. The van der Waals surface area contributed by atoms with Crippen LogP contribution >= 0.6 is 34.8 Å². The fourth-order valence-electron chi connectivity index (χ4n) is 1.81. The monoisotopic (exact) mass is 383 g/mol. The van der Waals surface area contributed by atoms with Crippen molar-refractivity contribution in [2.45, 2.75) is 0 Å². The highest BCUT2D eigenvalue weighted by molar-refractivity contribution is 6.39. The van der Waals surface area contributed by atoms with Gasteiger partial charge < -0.3 is 9.64 Å². The molecule has 0 N–H and O–H groups in total. The van der Waals surface area contributed by atoms with Crippen LogP contribution in [0.2, 0.25) is 15.1 Å². The highest BCUT2D eigenvalue weighted by atomic mass is 35.5. The van der Waals surface area contributed by atoms with Crippen LogP contribution in [0.25, 0.3) is 0 Å². The number of benzene rings is 2. The SMILES string of the molecule is COc1ccc(/C=N/c2cc(Cl)c(/N=C\N(C)C)c(Cl)c2)c(Cl)c1. The molecule has 2 aromatic rings. The largest absolute Gasteiger partial charge is 0.497 e. The lowest BCUT2D eigenvalue weighted by molar-refractivity contribution is 0.415. The standard InChI is InChI=1S/C17H16Cl3N3O/c1-23(2)10-22-17-15(19)6-12(7-16(17)20)21-9-11-4-5-13(24-3)8-14(11)18/h4-10H,1-3H3/b21-9+,22-10-.